The molecular formula is C18H28O2Si. The standard InChI is InChI=1S/C18H28O2Si/c1-21(2,3)12-8-7-11-18(19)17-13-15(17)14-20-16-9-5-4-6-10-16/h4-10,15,17-19H,11-14H2,1-3H3/b8-7-/t15-,17+,18+/m1/s1. The number of hydrogen-bond donors (Lipinski definition) is 1. The average Bonchev–Trinajstić information content (AvgIpc) is 3.21. The average molecular weight is 305 g/mol. The molecule has 0 unspecified atom stereocenters. The molecule has 21 heavy (non-hydrogen) atoms. The Morgan fingerprint density at radius 3 is 2.62 bits per heavy atom. The fourth-order valence-corrected chi connectivity index (χ4v) is 3.37. The lowest BCUT2D eigenvalue weighted by atomic mass is 10.1. The molecule has 0 spiro atoms. The molecule has 3 heteroatoms. The van der Waals surface area contributed by atoms with Gasteiger partial charge in [0.05, 0.1) is 12.7 Å². The summed E-state index contributed by atoms with van der Waals surface area (Å²) >= 11 is 0. The van der Waals surface area contributed by atoms with Gasteiger partial charge in [0, 0.05) is 8.07 Å². The molecule has 0 aliphatic heterocycles. The molecule has 0 radical (unpaired) electrons. The van der Waals surface area contributed by atoms with E-state index in [1.54, 1.807) is 0 Å². The van der Waals surface area contributed by atoms with Gasteiger partial charge in [0.15, 0.2) is 0 Å². The molecule has 1 aliphatic carbocycles. The third kappa shape index (κ3) is 6.06. The van der Waals surface area contributed by atoms with Crippen LogP contribution in [0.3, 0.4) is 0 Å². The van der Waals surface area contributed by atoms with Crippen LogP contribution in [-0.2, 0) is 0 Å². The number of hydrogen-bond acceptors (Lipinski definition) is 2. The Morgan fingerprint density at radius 2 is 1.95 bits per heavy atom. The summed E-state index contributed by atoms with van der Waals surface area (Å²) in [6.45, 7) is 7.83. The van der Waals surface area contributed by atoms with Gasteiger partial charge in [0.1, 0.15) is 5.75 Å². The molecule has 0 bridgehead atoms. The molecule has 0 aromatic heterocycles. The molecule has 1 aromatic carbocycles. The number of aliphatic hydroxyl groups is 1. The maximum Gasteiger partial charge on any atom is 0.119 e. The third-order valence-corrected chi connectivity index (χ3v) is 5.41. The van der Waals surface area contributed by atoms with Gasteiger partial charge in [-0.1, -0.05) is 50.0 Å². The van der Waals surface area contributed by atoms with E-state index >= 15 is 0 Å². The van der Waals surface area contributed by atoms with E-state index in [9.17, 15) is 5.11 Å². The lowest BCUT2D eigenvalue weighted by Gasteiger charge is -2.12. The molecule has 1 N–H and O–H groups in total. The fourth-order valence-electron chi connectivity index (χ4n) is 2.50. The van der Waals surface area contributed by atoms with Crippen LogP contribution in [-0.4, -0.2) is 25.9 Å². The molecule has 0 saturated heterocycles. The maximum atomic E-state index is 10.2. The monoisotopic (exact) mass is 304 g/mol. The Kier molecular flexibility index (Phi) is 5.65. The zero-order valence-electron chi connectivity index (χ0n) is 13.5. The smallest absolute Gasteiger partial charge is 0.119 e. The number of allylic oxidation sites excluding steroid dienone is 1. The van der Waals surface area contributed by atoms with Gasteiger partial charge in [0.2, 0.25) is 0 Å². The first-order valence-electron chi connectivity index (χ1n) is 7.96. The molecular weight excluding hydrogens is 276 g/mol. The molecule has 0 heterocycles. The highest BCUT2D eigenvalue weighted by molar-refractivity contribution is 6.76. The van der Waals surface area contributed by atoms with E-state index in [2.05, 4.69) is 31.8 Å². The summed E-state index contributed by atoms with van der Waals surface area (Å²) in [5.74, 6) is 1.86. The van der Waals surface area contributed by atoms with Gasteiger partial charge in [-0.3, -0.25) is 0 Å². The predicted molar refractivity (Wildman–Crippen MR) is 91.5 cm³/mol. The molecule has 1 aromatic rings. The van der Waals surface area contributed by atoms with Gasteiger partial charge in [0.25, 0.3) is 0 Å². The highest BCUT2D eigenvalue weighted by atomic mass is 28.3. The Bertz CT molecular complexity index is 450. The van der Waals surface area contributed by atoms with Crippen LogP contribution in [0.4, 0.5) is 0 Å². The van der Waals surface area contributed by atoms with Crippen LogP contribution in [0.5, 0.6) is 5.75 Å². The highest BCUT2D eigenvalue weighted by Gasteiger charge is 2.42. The summed E-state index contributed by atoms with van der Waals surface area (Å²) in [5.41, 5.74) is 0. The van der Waals surface area contributed by atoms with E-state index in [1.807, 2.05) is 30.3 Å². The fraction of sp³-hybridized carbons (Fsp3) is 0.556. The second-order valence-electron chi connectivity index (χ2n) is 7.32. The van der Waals surface area contributed by atoms with Gasteiger partial charge < -0.3 is 9.84 Å². The van der Waals surface area contributed by atoms with Crippen molar-refractivity contribution < 1.29 is 9.84 Å². The van der Waals surface area contributed by atoms with E-state index < -0.39 is 8.07 Å². The Labute approximate surface area is 129 Å². The van der Waals surface area contributed by atoms with Gasteiger partial charge in [-0.15, -0.1) is 0 Å². The molecule has 116 valence electrons. The first kappa shape index (κ1) is 16.3. The van der Waals surface area contributed by atoms with E-state index in [4.69, 9.17) is 4.74 Å². The quantitative estimate of drug-likeness (QED) is 0.571. The van der Waals surface area contributed by atoms with E-state index in [0.717, 1.165) is 25.2 Å². The lowest BCUT2D eigenvalue weighted by Crippen LogP contribution is -2.17. The number of para-hydroxylation sites is 1. The van der Waals surface area contributed by atoms with Crippen molar-refractivity contribution in [1.29, 1.82) is 0 Å². The summed E-state index contributed by atoms with van der Waals surface area (Å²) < 4.78 is 5.76. The first-order valence-corrected chi connectivity index (χ1v) is 11.7. The summed E-state index contributed by atoms with van der Waals surface area (Å²) in [6, 6.07) is 11.1. The molecule has 0 amide bonds. The number of rotatable bonds is 8. The zero-order valence-corrected chi connectivity index (χ0v) is 14.5. The Hall–Kier alpha value is -1.06. The summed E-state index contributed by atoms with van der Waals surface area (Å²) in [6.07, 6.45) is 6.10. The second kappa shape index (κ2) is 7.28. The third-order valence-electron chi connectivity index (χ3n) is 3.95. The Morgan fingerprint density at radius 1 is 1.24 bits per heavy atom. The topological polar surface area (TPSA) is 29.5 Å². The van der Waals surface area contributed by atoms with Crippen molar-refractivity contribution >= 4 is 8.07 Å². The summed E-state index contributed by atoms with van der Waals surface area (Å²) in [5, 5.41) is 10.2. The minimum Gasteiger partial charge on any atom is -0.493 e. The molecule has 3 atom stereocenters. The minimum atomic E-state index is -0.993. The number of aliphatic hydroxyl groups excluding tert-OH is 1. The van der Waals surface area contributed by atoms with Crippen LogP contribution >= 0.6 is 0 Å². The SMILES string of the molecule is C[Si](C)(C)C/C=C\C[C@H](O)[C@H]1C[C@@H]1COc1ccccc1. The Balaban J connectivity index is 1.64. The molecule has 1 aliphatic rings. The van der Waals surface area contributed by atoms with E-state index in [-0.39, 0.29) is 6.10 Å². The molecule has 1 saturated carbocycles. The van der Waals surface area contributed by atoms with Gasteiger partial charge in [-0.25, -0.2) is 0 Å². The van der Waals surface area contributed by atoms with Crippen molar-refractivity contribution in [2.24, 2.45) is 11.8 Å². The highest BCUT2D eigenvalue weighted by Crippen LogP contribution is 2.42. The summed E-state index contributed by atoms with van der Waals surface area (Å²) in [4.78, 5) is 0. The van der Waals surface area contributed by atoms with Crippen molar-refractivity contribution in [3.8, 4) is 5.75 Å². The lowest BCUT2D eigenvalue weighted by molar-refractivity contribution is 0.141. The van der Waals surface area contributed by atoms with Gasteiger partial charge in [-0.05, 0) is 42.9 Å². The van der Waals surface area contributed by atoms with Crippen molar-refractivity contribution in [2.45, 2.75) is 44.6 Å². The van der Waals surface area contributed by atoms with Crippen LogP contribution in [0.1, 0.15) is 12.8 Å². The van der Waals surface area contributed by atoms with E-state index in [0.29, 0.717) is 11.8 Å². The van der Waals surface area contributed by atoms with Crippen LogP contribution < -0.4 is 4.74 Å². The first-order chi connectivity index (χ1) is 9.96. The van der Waals surface area contributed by atoms with Crippen molar-refractivity contribution in [3.63, 3.8) is 0 Å². The normalized spacial score (nSPS) is 23.2. The zero-order chi connectivity index (χ0) is 15.3. The van der Waals surface area contributed by atoms with Crippen LogP contribution in [0.25, 0.3) is 0 Å². The number of benzene rings is 1. The van der Waals surface area contributed by atoms with E-state index in [1.165, 1.54) is 6.04 Å². The molecule has 2 rings (SSSR count). The minimum absolute atomic E-state index is 0.202. The van der Waals surface area contributed by atoms with Crippen molar-refractivity contribution in [3.05, 3.63) is 42.5 Å². The largest absolute Gasteiger partial charge is 0.493 e. The van der Waals surface area contributed by atoms with Crippen LogP contribution in [0, 0.1) is 11.8 Å². The summed E-state index contributed by atoms with van der Waals surface area (Å²) in [7, 11) is -0.993. The van der Waals surface area contributed by atoms with Crippen molar-refractivity contribution in [1.82, 2.24) is 0 Å². The van der Waals surface area contributed by atoms with Crippen LogP contribution in [0.15, 0.2) is 42.5 Å². The van der Waals surface area contributed by atoms with Gasteiger partial charge in [-0.2, -0.15) is 0 Å². The molecule has 2 nitrogen and oxygen atoms in total. The van der Waals surface area contributed by atoms with Crippen molar-refractivity contribution in [2.75, 3.05) is 6.61 Å². The second-order valence-corrected chi connectivity index (χ2v) is 12.9. The maximum absolute atomic E-state index is 10.2. The predicted octanol–water partition coefficient (Wildman–Crippen LogP) is 4.35. The van der Waals surface area contributed by atoms with Gasteiger partial charge >= 0.3 is 0 Å². The molecule has 1 fully saturated rings. The van der Waals surface area contributed by atoms with Crippen LogP contribution in [0.2, 0.25) is 25.7 Å². The number of ether oxygens (including phenoxy) is 1.